The maximum absolute atomic E-state index is 11.9. The molecule has 0 N–H and O–H groups in total. The maximum Gasteiger partial charge on any atom is 0.334 e. The third-order valence-corrected chi connectivity index (χ3v) is 9.57. The van der Waals surface area contributed by atoms with E-state index in [0.717, 1.165) is 69.8 Å². The topological polar surface area (TPSA) is 88.1 Å². The van der Waals surface area contributed by atoms with Crippen molar-refractivity contribution in [2.45, 2.75) is 219 Å². The summed E-state index contributed by atoms with van der Waals surface area (Å²) in [7, 11) is 0. The van der Waals surface area contributed by atoms with E-state index < -0.39 is 0 Å². The van der Waals surface area contributed by atoms with Crippen molar-refractivity contribution in [3.05, 3.63) is 11.6 Å². The van der Waals surface area contributed by atoms with E-state index in [9.17, 15) is 14.4 Å². The van der Waals surface area contributed by atoms with Crippen LogP contribution in [0.4, 0.5) is 0 Å². The van der Waals surface area contributed by atoms with Gasteiger partial charge in [-0.05, 0) is 64.4 Å². The summed E-state index contributed by atoms with van der Waals surface area (Å²) in [5.74, 6) is -0.636. The highest BCUT2D eigenvalue weighted by molar-refractivity contribution is 5.90. The molecule has 5 atom stereocenters. The van der Waals surface area contributed by atoms with Gasteiger partial charge in [0.15, 0.2) is 0 Å². The van der Waals surface area contributed by atoms with Gasteiger partial charge < -0.3 is 18.9 Å². The second-order valence-electron chi connectivity index (χ2n) is 13.9. The lowest BCUT2D eigenvalue weighted by molar-refractivity contribution is -0.163. The first-order chi connectivity index (χ1) is 22.3. The van der Waals surface area contributed by atoms with Crippen LogP contribution in [0, 0.1) is 0 Å². The smallest absolute Gasteiger partial charge is 0.334 e. The molecule has 0 aromatic rings. The van der Waals surface area contributed by atoms with Gasteiger partial charge in [-0.1, -0.05) is 116 Å². The zero-order valence-electron chi connectivity index (χ0n) is 30.0. The first kappa shape index (κ1) is 40.3. The molecule has 0 unspecified atom stereocenters. The molecule has 266 valence electrons. The predicted molar refractivity (Wildman–Crippen MR) is 185 cm³/mol. The van der Waals surface area contributed by atoms with E-state index in [2.05, 4.69) is 6.92 Å². The summed E-state index contributed by atoms with van der Waals surface area (Å²) in [4.78, 5) is 35.5. The molecule has 0 radical (unpaired) electrons. The molecule has 2 rings (SSSR count). The fraction of sp³-hybridized carbons (Fsp3) is 0.872. The number of esters is 3. The van der Waals surface area contributed by atoms with Crippen molar-refractivity contribution >= 4 is 17.9 Å². The molecule has 0 amide bonds. The summed E-state index contributed by atoms with van der Waals surface area (Å²) in [5.41, 5.74) is 0.855. The van der Waals surface area contributed by atoms with E-state index in [1.165, 1.54) is 110 Å². The largest absolute Gasteiger partial charge is 0.460 e. The Bertz CT molecular complexity index is 868. The molecule has 7 heteroatoms. The van der Waals surface area contributed by atoms with Crippen molar-refractivity contribution in [2.75, 3.05) is 0 Å². The fourth-order valence-electron chi connectivity index (χ4n) is 7.03. The van der Waals surface area contributed by atoms with Crippen LogP contribution >= 0.6 is 0 Å². The van der Waals surface area contributed by atoms with E-state index in [1.54, 1.807) is 0 Å². The molecule has 0 aromatic carbocycles. The van der Waals surface area contributed by atoms with Crippen molar-refractivity contribution < 1.29 is 33.3 Å². The van der Waals surface area contributed by atoms with E-state index in [1.807, 2.05) is 13.0 Å². The highest BCUT2D eigenvalue weighted by Gasteiger charge is 2.38. The number of unbranched alkanes of at least 4 members (excludes halogenated alkanes) is 18. The van der Waals surface area contributed by atoms with Crippen molar-refractivity contribution in [2.24, 2.45) is 0 Å². The van der Waals surface area contributed by atoms with E-state index in [0.29, 0.717) is 0 Å². The summed E-state index contributed by atoms with van der Waals surface area (Å²) < 4.78 is 23.1. The van der Waals surface area contributed by atoms with Crippen LogP contribution in [0.2, 0.25) is 0 Å². The average Bonchev–Trinajstić information content (AvgIpc) is 3.63. The Balaban J connectivity index is 1.57. The maximum atomic E-state index is 11.9. The van der Waals surface area contributed by atoms with Crippen LogP contribution in [0.3, 0.4) is 0 Å². The van der Waals surface area contributed by atoms with Gasteiger partial charge in [-0.3, -0.25) is 9.59 Å². The first-order valence-electron chi connectivity index (χ1n) is 19.2. The van der Waals surface area contributed by atoms with E-state index in [-0.39, 0.29) is 48.4 Å². The van der Waals surface area contributed by atoms with Crippen LogP contribution in [0.15, 0.2) is 11.6 Å². The molecule has 46 heavy (non-hydrogen) atoms. The molecule has 0 bridgehead atoms. The van der Waals surface area contributed by atoms with Crippen LogP contribution in [0.25, 0.3) is 0 Å². The van der Waals surface area contributed by atoms with Crippen LogP contribution in [-0.4, -0.2) is 48.4 Å². The molecule has 0 aromatic heterocycles. The SMILES string of the molecule is CCCCCCCCCCCC[C@H](OC(C)=O)[C@@H]1CC[C@H]([C@H](CCCCCCCCCCCCC2=C[C@@H](C)OC2=O)OC(C)=O)O1. The van der Waals surface area contributed by atoms with Crippen molar-refractivity contribution in [1.82, 2.24) is 0 Å². The highest BCUT2D eigenvalue weighted by atomic mass is 16.6. The molecular formula is C39H68O7. The third kappa shape index (κ3) is 18.4. The Hall–Kier alpha value is -1.89. The molecule has 2 heterocycles. The average molecular weight is 649 g/mol. The number of ether oxygens (including phenoxy) is 4. The van der Waals surface area contributed by atoms with Gasteiger partial charge in [-0.25, -0.2) is 4.79 Å². The first-order valence-corrected chi connectivity index (χ1v) is 19.2. The number of hydrogen-bond donors (Lipinski definition) is 0. The van der Waals surface area contributed by atoms with Gasteiger partial charge in [0.05, 0.1) is 12.2 Å². The monoisotopic (exact) mass is 648 g/mol. The summed E-state index contributed by atoms with van der Waals surface area (Å²) in [5, 5.41) is 0. The second kappa shape index (κ2) is 25.2. The quantitative estimate of drug-likeness (QED) is 0.0474. The number of hydrogen-bond acceptors (Lipinski definition) is 7. The summed E-state index contributed by atoms with van der Waals surface area (Å²) >= 11 is 0. The number of cyclic esters (lactones) is 1. The molecule has 1 fully saturated rings. The summed E-state index contributed by atoms with van der Waals surface area (Å²) in [6.45, 7) is 7.13. The minimum Gasteiger partial charge on any atom is -0.460 e. The molecule has 0 aliphatic carbocycles. The van der Waals surface area contributed by atoms with Crippen molar-refractivity contribution in [1.29, 1.82) is 0 Å². The second-order valence-corrected chi connectivity index (χ2v) is 13.9. The number of rotatable bonds is 28. The van der Waals surface area contributed by atoms with Crippen molar-refractivity contribution in [3.63, 3.8) is 0 Å². The predicted octanol–water partition coefficient (Wildman–Crippen LogP) is 10.3. The Kier molecular flexibility index (Phi) is 22.0. The third-order valence-electron chi connectivity index (χ3n) is 9.57. The molecule has 7 nitrogen and oxygen atoms in total. The van der Waals surface area contributed by atoms with Crippen LogP contribution in [0.1, 0.15) is 188 Å². The van der Waals surface area contributed by atoms with Gasteiger partial charge in [0.25, 0.3) is 0 Å². The molecule has 0 spiro atoms. The van der Waals surface area contributed by atoms with Gasteiger partial charge in [0.1, 0.15) is 18.3 Å². The van der Waals surface area contributed by atoms with Crippen LogP contribution in [0.5, 0.6) is 0 Å². The Morgan fingerprint density at radius 3 is 1.43 bits per heavy atom. The molecule has 2 aliphatic heterocycles. The minimum atomic E-state index is -0.256. The molecular weight excluding hydrogens is 580 g/mol. The molecule has 0 saturated carbocycles. The van der Waals surface area contributed by atoms with Gasteiger partial charge in [0, 0.05) is 19.4 Å². The lowest BCUT2D eigenvalue weighted by atomic mass is 9.99. The van der Waals surface area contributed by atoms with Crippen LogP contribution < -0.4 is 0 Å². The van der Waals surface area contributed by atoms with Gasteiger partial charge in [-0.15, -0.1) is 0 Å². The van der Waals surface area contributed by atoms with Gasteiger partial charge >= 0.3 is 17.9 Å². The fourth-order valence-corrected chi connectivity index (χ4v) is 7.03. The zero-order valence-corrected chi connectivity index (χ0v) is 30.0. The number of carbonyl (C=O) groups is 3. The Morgan fingerprint density at radius 1 is 0.674 bits per heavy atom. The molecule has 2 aliphatic rings. The van der Waals surface area contributed by atoms with Gasteiger partial charge in [-0.2, -0.15) is 0 Å². The lowest BCUT2D eigenvalue weighted by Gasteiger charge is -2.27. The number of carbonyl (C=O) groups excluding carboxylic acids is 3. The zero-order chi connectivity index (χ0) is 33.4. The Morgan fingerprint density at radius 2 is 1.07 bits per heavy atom. The van der Waals surface area contributed by atoms with Gasteiger partial charge in [0.2, 0.25) is 0 Å². The Labute approximate surface area is 281 Å². The highest BCUT2D eigenvalue weighted by Crippen LogP contribution is 2.31. The molecule has 1 saturated heterocycles. The van der Waals surface area contributed by atoms with Crippen LogP contribution in [-0.2, 0) is 33.3 Å². The normalized spacial score (nSPS) is 20.7. The standard InChI is InChI=1S/C39H68O7/c1-5-6-7-8-9-10-14-17-20-23-26-35(44-32(3)40)37-28-29-38(46-37)36(45-33(4)41)27-24-21-18-15-12-11-13-16-19-22-25-34-30-31(2)43-39(34)42/h30-31,35-38H,5-29H2,1-4H3/t31-,35+,36+,37+,38-/m1/s1. The van der Waals surface area contributed by atoms with E-state index >= 15 is 0 Å². The van der Waals surface area contributed by atoms with E-state index in [4.69, 9.17) is 18.9 Å². The van der Waals surface area contributed by atoms with Crippen molar-refractivity contribution in [3.8, 4) is 0 Å². The summed E-state index contributed by atoms with van der Waals surface area (Å²) in [6, 6.07) is 0. The summed E-state index contributed by atoms with van der Waals surface area (Å²) in [6.07, 6.45) is 29.9. The lowest BCUT2D eigenvalue weighted by Crippen LogP contribution is -2.35. The minimum absolute atomic E-state index is 0.0613.